The molecular weight excluding hydrogens is 310 g/mol. The summed E-state index contributed by atoms with van der Waals surface area (Å²) in [5.74, 6) is -0.910. The summed E-state index contributed by atoms with van der Waals surface area (Å²) in [5, 5.41) is 6.88. The molecule has 1 amide bonds. The molecule has 1 aromatic heterocycles. The summed E-state index contributed by atoms with van der Waals surface area (Å²) in [5.41, 5.74) is 0.773. The molecule has 0 unspecified atom stereocenters. The fraction of sp³-hybridized carbons (Fsp3) is 0.286. The van der Waals surface area contributed by atoms with Crippen LogP contribution in [0.25, 0.3) is 11.4 Å². The lowest BCUT2D eigenvalue weighted by atomic mass is 10.2. The van der Waals surface area contributed by atoms with Crippen molar-refractivity contribution in [2.45, 2.75) is 13.3 Å². The number of ether oxygens (including phenoxy) is 1. The molecule has 7 nitrogen and oxygen atoms in total. The third-order valence-electron chi connectivity index (χ3n) is 2.66. The van der Waals surface area contributed by atoms with Crippen molar-refractivity contribution in [3.8, 4) is 11.4 Å². The Morgan fingerprint density at radius 1 is 1.32 bits per heavy atom. The van der Waals surface area contributed by atoms with Gasteiger partial charge in [-0.2, -0.15) is 4.98 Å². The highest BCUT2D eigenvalue weighted by Gasteiger charge is 2.14. The van der Waals surface area contributed by atoms with Gasteiger partial charge in [-0.25, -0.2) is 4.79 Å². The average Bonchev–Trinajstić information content (AvgIpc) is 2.97. The Morgan fingerprint density at radius 3 is 2.73 bits per heavy atom. The maximum absolute atomic E-state index is 11.3. The normalized spacial score (nSPS) is 10.3. The number of halogens is 1. The highest BCUT2D eigenvalue weighted by molar-refractivity contribution is 6.32. The van der Waals surface area contributed by atoms with Crippen LogP contribution >= 0.6 is 11.6 Å². The van der Waals surface area contributed by atoms with E-state index in [0.717, 1.165) is 5.56 Å². The van der Waals surface area contributed by atoms with E-state index >= 15 is 0 Å². The standard InChI is InChI=1S/C14H14ClN3O4/c1-2-21-14(20)13(19)16-8-7-11-17-12(18-22-11)9-3-5-10(15)6-4-9/h3-6H,2,7-8H2,1H3,(H,16,19). The number of nitrogens with zero attached hydrogens (tertiary/aromatic N) is 2. The molecule has 1 aromatic carbocycles. The van der Waals surface area contributed by atoms with E-state index in [2.05, 4.69) is 20.2 Å². The summed E-state index contributed by atoms with van der Waals surface area (Å²) in [6.07, 6.45) is 0.311. The Morgan fingerprint density at radius 2 is 2.05 bits per heavy atom. The fourth-order valence-corrected chi connectivity index (χ4v) is 1.75. The second-order valence-electron chi connectivity index (χ2n) is 4.24. The SMILES string of the molecule is CCOC(=O)C(=O)NCCc1nc(-c2ccc(Cl)cc2)no1. The summed E-state index contributed by atoms with van der Waals surface area (Å²) < 4.78 is 9.64. The topological polar surface area (TPSA) is 94.3 Å². The largest absolute Gasteiger partial charge is 0.459 e. The number of hydrogen-bond acceptors (Lipinski definition) is 6. The van der Waals surface area contributed by atoms with E-state index in [1.54, 1.807) is 31.2 Å². The number of benzene rings is 1. The highest BCUT2D eigenvalue weighted by atomic mass is 35.5. The van der Waals surface area contributed by atoms with Crippen LogP contribution in [-0.2, 0) is 20.7 Å². The molecule has 0 aliphatic rings. The Kier molecular flexibility index (Phi) is 5.48. The first-order valence-corrected chi connectivity index (χ1v) is 7.01. The van der Waals surface area contributed by atoms with Crippen LogP contribution in [0.3, 0.4) is 0 Å². The van der Waals surface area contributed by atoms with E-state index < -0.39 is 11.9 Å². The number of carbonyl (C=O) groups is 2. The smallest absolute Gasteiger partial charge is 0.396 e. The molecule has 0 radical (unpaired) electrons. The number of carbonyl (C=O) groups excluding carboxylic acids is 2. The van der Waals surface area contributed by atoms with E-state index in [-0.39, 0.29) is 13.2 Å². The van der Waals surface area contributed by atoms with Crippen molar-refractivity contribution >= 4 is 23.5 Å². The molecule has 0 saturated carbocycles. The van der Waals surface area contributed by atoms with Crippen LogP contribution in [0.4, 0.5) is 0 Å². The lowest BCUT2D eigenvalue weighted by molar-refractivity contribution is -0.154. The number of amides is 1. The number of hydrogen-bond donors (Lipinski definition) is 1. The highest BCUT2D eigenvalue weighted by Crippen LogP contribution is 2.18. The minimum Gasteiger partial charge on any atom is -0.459 e. The minimum atomic E-state index is -0.908. The number of nitrogens with one attached hydrogen (secondary N) is 1. The molecule has 2 aromatic rings. The van der Waals surface area contributed by atoms with Gasteiger partial charge in [0.1, 0.15) is 0 Å². The summed E-state index contributed by atoms with van der Waals surface area (Å²) in [6, 6.07) is 7.01. The summed E-state index contributed by atoms with van der Waals surface area (Å²) in [4.78, 5) is 26.6. The average molecular weight is 324 g/mol. The minimum absolute atomic E-state index is 0.153. The van der Waals surface area contributed by atoms with Gasteiger partial charge in [0.25, 0.3) is 0 Å². The van der Waals surface area contributed by atoms with Gasteiger partial charge in [-0.15, -0.1) is 0 Å². The molecule has 2 rings (SSSR count). The molecule has 1 N–H and O–H groups in total. The van der Waals surface area contributed by atoms with Gasteiger partial charge in [-0.1, -0.05) is 16.8 Å². The van der Waals surface area contributed by atoms with E-state index in [4.69, 9.17) is 16.1 Å². The zero-order chi connectivity index (χ0) is 15.9. The van der Waals surface area contributed by atoms with Crippen molar-refractivity contribution < 1.29 is 18.8 Å². The molecule has 0 bridgehead atoms. The molecule has 0 aliphatic heterocycles. The summed E-state index contributed by atoms with van der Waals surface area (Å²) in [7, 11) is 0. The van der Waals surface area contributed by atoms with Gasteiger partial charge >= 0.3 is 11.9 Å². The van der Waals surface area contributed by atoms with Crippen molar-refractivity contribution in [1.29, 1.82) is 0 Å². The Bertz CT molecular complexity index is 654. The van der Waals surface area contributed by atoms with Crippen LogP contribution in [0.15, 0.2) is 28.8 Å². The van der Waals surface area contributed by atoms with Crippen LogP contribution in [0.1, 0.15) is 12.8 Å². The van der Waals surface area contributed by atoms with E-state index in [1.807, 2.05) is 0 Å². The molecule has 1 heterocycles. The van der Waals surface area contributed by atoms with Crippen molar-refractivity contribution in [2.24, 2.45) is 0 Å². The van der Waals surface area contributed by atoms with Gasteiger partial charge in [0.2, 0.25) is 11.7 Å². The molecule has 22 heavy (non-hydrogen) atoms. The first-order chi connectivity index (χ1) is 10.6. The number of rotatable bonds is 5. The maximum Gasteiger partial charge on any atom is 0.396 e. The van der Waals surface area contributed by atoms with Gasteiger partial charge in [-0.3, -0.25) is 4.79 Å². The third kappa shape index (κ3) is 4.29. The lowest BCUT2D eigenvalue weighted by Gasteiger charge is -2.02. The zero-order valence-corrected chi connectivity index (χ0v) is 12.6. The van der Waals surface area contributed by atoms with E-state index in [0.29, 0.717) is 23.2 Å². The van der Waals surface area contributed by atoms with Gasteiger partial charge < -0.3 is 14.6 Å². The van der Waals surface area contributed by atoms with Gasteiger partial charge in [-0.05, 0) is 31.2 Å². The van der Waals surface area contributed by atoms with Crippen molar-refractivity contribution in [2.75, 3.05) is 13.2 Å². The fourth-order valence-electron chi connectivity index (χ4n) is 1.62. The molecule has 8 heteroatoms. The van der Waals surface area contributed by atoms with E-state index in [1.165, 1.54) is 0 Å². The predicted molar refractivity (Wildman–Crippen MR) is 78.1 cm³/mol. The van der Waals surface area contributed by atoms with Crippen molar-refractivity contribution in [3.05, 3.63) is 35.2 Å². The number of aromatic nitrogens is 2. The molecule has 0 spiro atoms. The molecular formula is C14H14ClN3O4. The van der Waals surface area contributed by atoms with Gasteiger partial charge in [0.15, 0.2) is 0 Å². The van der Waals surface area contributed by atoms with Gasteiger partial charge in [0, 0.05) is 23.6 Å². The van der Waals surface area contributed by atoms with E-state index in [9.17, 15) is 9.59 Å². The Balaban J connectivity index is 1.86. The van der Waals surface area contributed by atoms with Crippen LogP contribution in [0, 0.1) is 0 Å². The molecule has 0 aliphatic carbocycles. The monoisotopic (exact) mass is 323 g/mol. The van der Waals surface area contributed by atoms with Gasteiger partial charge in [0.05, 0.1) is 6.61 Å². The van der Waals surface area contributed by atoms with Crippen LogP contribution in [0.5, 0.6) is 0 Å². The first-order valence-electron chi connectivity index (χ1n) is 6.63. The van der Waals surface area contributed by atoms with Crippen LogP contribution < -0.4 is 5.32 Å². The molecule has 0 saturated heterocycles. The second kappa shape index (κ2) is 7.56. The predicted octanol–water partition coefficient (Wildman–Crippen LogP) is 1.61. The zero-order valence-electron chi connectivity index (χ0n) is 11.8. The maximum atomic E-state index is 11.3. The molecule has 0 fully saturated rings. The summed E-state index contributed by atoms with van der Waals surface area (Å²) in [6.45, 7) is 1.97. The van der Waals surface area contributed by atoms with Crippen LogP contribution in [-0.4, -0.2) is 35.2 Å². The molecule has 0 atom stereocenters. The third-order valence-corrected chi connectivity index (χ3v) is 2.91. The Labute approximate surface area is 131 Å². The molecule has 116 valence electrons. The number of esters is 1. The van der Waals surface area contributed by atoms with Crippen molar-refractivity contribution in [3.63, 3.8) is 0 Å². The second-order valence-corrected chi connectivity index (χ2v) is 4.68. The quantitative estimate of drug-likeness (QED) is 0.663. The lowest BCUT2D eigenvalue weighted by Crippen LogP contribution is -2.33. The first kappa shape index (κ1) is 16.0. The van der Waals surface area contributed by atoms with Crippen molar-refractivity contribution in [1.82, 2.24) is 15.5 Å². The summed E-state index contributed by atoms with van der Waals surface area (Å²) >= 11 is 5.81. The Hall–Kier alpha value is -2.41. The van der Waals surface area contributed by atoms with Crippen LogP contribution in [0.2, 0.25) is 5.02 Å².